The van der Waals surface area contributed by atoms with Gasteiger partial charge in [0.15, 0.2) is 11.4 Å². The summed E-state index contributed by atoms with van der Waals surface area (Å²) in [6, 6.07) is 11.5. The number of ketones is 2. The predicted octanol–water partition coefficient (Wildman–Crippen LogP) is 0.886. The first-order valence-corrected chi connectivity index (χ1v) is 12.2. The van der Waals surface area contributed by atoms with Gasteiger partial charge >= 0.3 is 0 Å². The van der Waals surface area contributed by atoms with Crippen molar-refractivity contribution < 1.29 is 44.7 Å². The predicted molar refractivity (Wildman–Crippen MR) is 135 cm³/mol. The van der Waals surface area contributed by atoms with E-state index in [0.29, 0.717) is 11.1 Å². The lowest BCUT2D eigenvalue weighted by molar-refractivity contribution is -0.160. The lowest BCUT2D eigenvalue weighted by Crippen LogP contribution is -2.63. The molecule has 11 heteroatoms. The number of aromatic hydroxyl groups is 1. The summed E-state index contributed by atoms with van der Waals surface area (Å²) in [5.74, 6) is -9.64. The van der Waals surface area contributed by atoms with E-state index in [1.807, 2.05) is 0 Å². The topological polar surface area (TPSA) is 207 Å². The molecule has 0 spiro atoms. The van der Waals surface area contributed by atoms with Crippen molar-refractivity contribution in [2.75, 3.05) is 0 Å². The Balaban J connectivity index is 1.59. The van der Waals surface area contributed by atoms with E-state index in [2.05, 4.69) is 5.32 Å². The van der Waals surface area contributed by atoms with E-state index < -0.39 is 87.7 Å². The van der Waals surface area contributed by atoms with E-state index in [0.717, 1.165) is 0 Å². The van der Waals surface area contributed by atoms with Crippen LogP contribution in [0.3, 0.4) is 0 Å². The fraction of sp³-hybridized carbons (Fsp3) is 0.286. The van der Waals surface area contributed by atoms with Crippen LogP contribution in [-0.2, 0) is 20.9 Å². The van der Waals surface area contributed by atoms with Gasteiger partial charge in [0, 0.05) is 41.5 Å². The molecule has 1 saturated carbocycles. The quantitative estimate of drug-likeness (QED) is 0.277. The average Bonchev–Trinajstić information content (AvgIpc) is 2.90. The molecule has 0 aromatic heterocycles. The molecule has 0 radical (unpaired) electrons. The maximum atomic E-state index is 13.7. The van der Waals surface area contributed by atoms with Gasteiger partial charge in [-0.2, -0.15) is 0 Å². The molecule has 0 bridgehead atoms. The largest absolute Gasteiger partial charge is 0.508 e. The van der Waals surface area contributed by atoms with Crippen LogP contribution in [0.5, 0.6) is 5.75 Å². The van der Waals surface area contributed by atoms with E-state index in [4.69, 9.17) is 5.73 Å². The Hall–Kier alpha value is -4.48. The van der Waals surface area contributed by atoms with Crippen LogP contribution in [0, 0.1) is 11.8 Å². The molecule has 8 N–H and O–H groups in total. The minimum absolute atomic E-state index is 0.122. The zero-order valence-corrected chi connectivity index (χ0v) is 20.7. The number of nitrogens with two attached hydrogens (primary N) is 1. The fourth-order valence-corrected chi connectivity index (χ4v) is 6.05. The molecule has 5 atom stereocenters. The molecule has 0 saturated heterocycles. The van der Waals surface area contributed by atoms with Crippen molar-refractivity contribution in [1.29, 1.82) is 0 Å². The summed E-state index contributed by atoms with van der Waals surface area (Å²) in [6.07, 6.45) is -2.23. The second-order valence-electron chi connectivity index (χ2n) is 10.1. The van der Waals surface area contributed by atoms with E-state index >= 15 is 0 Å². The highest BCUT2D eigenvalue weighted by atomic mass is 16.4. The number of amides is 2. The molecule has 202 valence electrons. The van der Waals surface area contributed by atoms with E-state index in [-0.39, 0.29) is 17.7 Å². The number of hydrogen-bond donors (Lipinski definition) is 7. The second-order valence-corrected chi connectivity index (χ2v) is 10.1. The summed E-state index contributed by atoms with van der Waals surface area (Å²) < 4.78 is 0. The van der Waals surface area contributed by atoms with E-state index in [1.54, 1.807) is 49.4 Å². The Morgan fingerprint density at radius 1 is 1.08 bits per heavy atom. The molecular weight excluding hydrogens is 508 g/mol. The number of fused-ring (bicyclic) bond motifs is 3. The van der Waals surface area contributed by atoms with Crippen LogP contribution in [-0.4, -0.2) is 60.6 Å². The van der Waals surface area contributed by atoms with Crippen molar-refractivity contribution in [2.24, 2.45) is 17.6 Å². The molecule has 3 aliphatic carbocycles. The molecule has 39 heavy (non-hydrogen) atoms. The maximum Gasteiger partial charge on any atom is 0.255 e. The van der Waals surface area contributed by atoms with Crippen LogP contribution in [0.1, 0.15) is 46.3 Å². The minimum atomic E-state index is -2.90. The number of nitrogens with one attached hydrogen (secondary N) is 1. The monoisotopic (exact) mass is 534 g/mol. The molecule has 3 aliphatic rings. The molecule has 0 aliphatic heterocycles. The Kier molecular flexibility index (Phi) is 6.08. The number of aliphatic hydroxyl groups is 4. The summed E-state index contributed by atoms with van der Waals surface area (Å²) >= 11 is 0. The van der Waals surface area contributed by atoms with Crippen molar-refractivity contribution in [2.45, 2.75) is 37.5 Å². The number of phenolic OH excluding ortho intramolecular Hbond substituents is 1. The summed E-state index contributed by atoms with van der Waals surface area (Å²) in [4.78, 5) is 50.5. The fourth-order valence-electron chi connectivity index (χ4n) is 6.05. The van der Waals surface area contributed by atoms with Crippen LogP contribution < -0.4 is 11.1 Å². The molecule has 1 fully saturated rings. The zero-order chi connectivity index (χ0) is 28.4. The number of Topliss-reactive ketones (excluding diaryl/α,β-unsaturated/α-hetero) is 2. The second kappa shape index (κ2) is 9.07. The summed E-state index contributed by atoms with van der Waals surface area (Å²) in [7, 11) is 0. The third kappa shape index (κ3) is 3.65. The number of hydrogen-bond acceptors (Lipinski definition) is 9. The van der Waals surface area contributed by atoms with Gasteiger partial charge in [0.25, 0.3) is 11.8 Å². The summed E-state index contributed by atoms with van der Waals surface area (Å²) in [6.45, 7) is 1.52. The van der Waals surface area contributed by atoms with E-state index in [1.165, 1.54) is 0 Å². The van der Waals surface area contributed by atoms with Gasteiger partial charge in [-0.1, -0.05) is 37.3 Å². The standard InChI is InChI=1S/C28H26N2O9/c1-11-14-8-7-13(10-30-27(38)12-5-3-2-4-6-12)21(32)18(14)23(34)20-17(11)22(33)15-9-16(31)19(26(29)37)24(35)28(15,39)25(20)36/h2-8,11,15,17,22,32-35,39H,9-10H2,1H3,(H2,29,37)(H,30,38). The van der Waals surface area contributed by atoms with Crippen molar-refractivity contribution in [3.05, 3.63) is 81.6 Å². The third-order valence-corrected chi connectivity index (χ3v) is 8.06. The number of primary amides is 1. The summed E-state index contributed by atoms with van der Waals surface area (Å²) in [5, 5.41) is 58.4. The first kappa shape index (κ1) is 26.1. The third-order valence-electron chi connectivity index (χ3n) is 8.06. The first-order valence-electron chi connectivity index (χ1n) is 12.2. The number of carbonyl (C=O) groups excluding carboxylic acids is 4. The van der Waals surface area contributed by atoms with Crippen LogP contribution in [0.25, 0.3) is 5.76 Å². The van der Waals surface area contributed by atoms with Crippen molar-refractivity contribution >= 4 is 29.1 Å². The number of benzene rings is 2. The highest BCUT2D eigenvalue weighted by Crippen LogP contribution is 2.55. The number of rotatable bonds is 4. The number of aliphatic hydroxyl groups excluding tert-OH is 3. The van der Waals surface area contributed by atoms with Gasteiger partial charge in [-0.25, -0.2) is 0 Å². The number of phenols is 1. The Morgan fingerprint density at radius 3 is 2.38 bits per heavy atom. The Bertz CT molecular complexity index is 1510. The van der Waals surface area contributed by atoms with Gasteiger partial charge in [0.1, 0.15) is 22.8 Å². The summed E-state index contributed by atoms with van der Waals surface area (Å²) in [5.41, 5.74) is 1.75. The van der Waals surface area contributed by atoms with Crippen LogP contribution >= 0.6 is 0 Å². The molecule has 0 heterocycles. The van der Waals surface area contributed by atoms with Gasteiger partial charge < -0.3 is 36.6 Å². The van der Waals surface area contributed by atoms with Crippen LogP contribution in [0.4, 0.5) is 0 Å². The average molecular weight is 535 g/mol. The molecule has 5 unspecified atom stereocenters. The first-order chi connectivity index (χ1) is 18.4. The smallest absolute Gasteiger partial charge is 0.255 e. The molecule has 2 aromatic rings. The Labute approximate surface area is 221 Å². The van der Waals surface area contributed by atoms with Gasteiger partial charge in [0.2, 0.25) is 5.78 Å². The molecule has 2 aromatic carbocycles. The highest BCUT2D eigenvalue weighted by Gasteiger charge is 2.64. The van der Waals surface area contributed by atoms with Crippen molar-refractivity contribution in [3.8, 4) is 5.75 Å². The van der Waals surface area contributed by atoms with E-state index in [9.17, 15) is 44.7 Å². The molecule has 2 amide bonds. The molecule has 11 nitrogen and oxygen atoms in total. The minimum Gasteiger partial charge on any atom is -0.508 e. The van der Waals surface area contributed by atoms with Gasteiger partial charge in [-0.3, -0.25) is 19.2 Å². The van der Waals surface area contributed by atoms with Gasteiger partial charge in [-0.05, 0) is 23.6 Å². The SMILES string of the molecule is CC1c2ccc(CNC(=O)c3ccccc3)c(O)c2C(O)=C2C(=O)C3(O)C(O)=C(C(N)=O)C(=O)CC3C(O)C21. The molecule has 5 rings (SSSR count). The zero-order valence-electron chi connectivity index (χ0n) is 20.7. The molecular formula is C28H26N2O9. The van der Waals surface area contributed by atoms with Crippen molar-refractivity contribution in [3.63, 3.8) is 0 Å². The normalized spacial score (nSPS) is 28.0. The highest BCUT2D eigenvalue weighted by molar-refractivity contribution is 6.23. The van der Waals surface area contributed by atoms with Crippen LogP contribution in [0.2, 0.25) is 0 Å². The lowest BCUT2D eigenvalue weighted by Gasteiger charge is -2.50. The maximum absolute atomic E-state index is 13.7. The Morgan fingerprint density at radius 2 is 1.74 bits per heavy atom. The van der Waals surface area contributed by atoms with Crippen LogP contribution in [0.15, 0.2) is 59.4 Å². The van der Waals surface area contributed by atoms with Crippen molar-refractivity contribution in [1.82, 2.24) is 5.32 Å². The van der Waals surface area contributed by atoms with Gasteiger partial charge in [0.05, 0.1) is 11.7 Å². The number of carbonyl (C=O) groups is 4. The lowest BCUT2D eigenvalue weighted by atomic mass is 9.55. The van der Waals surface area contributed by atoms with Gasteiger partial charge in [-0.15, -0.1) is 0 Å².